The van der Waals surface area contributed by atoms with Gasteiger partial charge in [0.1, 0.15) is 10.8 Å². The molecule has 1 heterocycles. The molecule has 4 heteroatoms. The standard InChI is InChI=1S/C13H21N3S/c1-8(2)10(4)7-16-13-11(12(14)17)9(3)5-6-15-13/h5-6,8,10H,7H2,1-4H3,(H2,14,17)(H,15,16). The molecule has 0 aromatic carbocycles. The summed E-state index contributed by atoms with van der Waals surface area (Å²) in [7, 11) is 0. The Kier molecular flexibility index (Phi) is 4.87. The summed E-state index contributed by atoms with van der Waals surface area (Å²) in [6.45, 7) is 9.51. The smallest absolute Gasteiger partial charge is 0.136 e. The Bertz CT molecular complexity index is 402. The third kappa shape index (κ3) is 3.66. The van der Waals surface area contributed by atoms with Crippen molar-refractivity contribution in [3.05, 3.63) is 23.4 Å². The topological polar surface area (TPSA) is 50.9 Å². The zero-order valence-electron chi connectivity index (χ0n) is 10.9. The molecule has 17 heavy (non-hydrogen) atoms. The molecule has 1 unspecified atom stereocenters. The molecule has 94 valence electrons. The lowest BCUT2D eigenvalue weighted by molar-refractivity contribution is 0.439. The molecule has 0 aliphatic heterocycles. The average molecular weight is 251 g/mol. The quantitative estimate of drug-likeness (QED) is 0.790. The van der Waals surface area contributed by atoms with Gasteiger partial charge in [0, 0.05) is 12.7 Å². The van der Waals surface area contributed by atoms with E-state index in [0.717, 1.165) is 23.5 Å². The Balaban J connectivity index is 2.84. The summed E-state index contributed by atoms with van der Waals surface area (Å²) in [6.07, 6.45) is 1.78. The maximum absolute atomic E-state index is 5.73. The van der Waals surface area contributed by atoms with Crippen molar-refractivity contribution in [1.29, 1.82) is 0 Å². The summed E-state index contributed by atoms with van der Waals surface area (Å²) in [6, 6.07) is 1.92. The monoisotopic (exact) mass is 251 g/mol. The number of aryl methyl sites for hydroxylation is 1. The van der Waals surface area contributed by atoms with Crippen LogP contribution in [0.15, 0.2) is 12.3 Å². The lowest BCUT2D eigenvalue weighted by atomic mass is 9.98. The van der Waals surface area contributed by atoms with Crippen molar-refractivity contribution in [2.45, 2.75) is 27.7 Å². The Morgan fingerprint density at radius 1 is 1.47 bits per heavy atom. The Hall–Kier alpha value is -1.16. The van der Waals surface area contributed by atoms with Gasteiger partial charge in [-0.3, -0.25) is 0 Å². The van der Waals surface area contributed by atoms with Crippen molar-refractivity contribution < 1.29 is 0 Å². The number of rotatable bonds is 5. The van der Waals surface area contributed by atoms with E-state index in [4.69, 9.17) is 18.0 Å². The lowest BCUT2D eigenvalue weighted by Gasteiger charge is -2.18. The van der Waals surface area contributed by atoms with Gasteiger partial charge in [0.2, 0.25) is 0 Å². The highest BCUT2D eigenvalue weighted by molar-refractivity contribution is 7.80. The third-order valence-corrected chi connectivity index (χ3v) is 3.34. The largest absolute Gasteiger partial charge is 0.389 e. The van der Waals surface area contributed by atoms with Crippen molar-refractivity contribution in [1.82, 2.24) is 4.98 Å². The molecule has 0 fully saturated rings. The Labute approximate surface area is 109 Å². The zero-order valence-corrected chi connectivity index (χ0v) is 11.8. The second-order valence-corrected chi connectivity index (χ2v) is 5.26. The minimum Gasteiger partial charge on any atom is -0.389 e. The van der Waals surface area contributed by atoms with Gasteiger partial charge in [0.25, 0.3) is 0 Å². The first-order valence-electron chi connectivity index (χ1n) is 5.92. The van der Waals surface area contributed by atoms with Crippen LogP contribution in [0, 0.1) is 18.8 Å². The normalized spacial score (nSPS) is 12.5. The maximum Gasteiger partial charge on any atom is 0.136 e. The van der Waals surface area contributed by atoms with E-state index in [9.17, 15) is 0 Å². The van der Waals surface area contributed by atoms with Crippen LogP contribution in [0.2, 0.25) is 0 Å². The van der Waals surface area contributed by atoms with Gasteiger partial charge in [-0.15, -0.1) is 0 Å². The summed E-state index contributed by atoms with van der Waals surface area (Å²) in [5.41, 5.74) is 7.65. The fourth-order valence-corrected chi connectivity index (χ4v) is 1.75. The number of hydrogen-bond donors (Lipinski definition) is 2. The van der Waals surface area contributed by atoms with Crippen LogP contribution in [-0.2, 0) is 0 Å². The lowest BCUT2D eigenvalue weighted by Crippen LogP contribution is -2.21. The first-order valence-corrected chi connectivity index (χ1v) is 6.33. The van der Waals surface area contributed by atoms with Crippen molar-refractivity contribution in [3.63, 3.8) is 0 Å². The third-order valence-electron chi connectivity index (χ3n) is 3.14. The molecule has 1 rings (SSSR count). The second kappa shape index (κ2) is 5.96. The number of nitrogens with two attached hydrogens (primary N) is 1. The van der Waals surface area contributed by atoms with Crippen LogP contribution in [0.1, 0.15) is 31.9 Å². The zero-order chi connectivity index (χ0) is 13.0. The van der Waals surface area contributed by atoms with Gasteiger partial charge in [-0.25, -0.2) is 4.98 Å². The summed E-state index contributed by atoms with van der Waals surface area (Å²) in [4.78, 5) is 4.71. The van der Waals surface area contributed by atoms with Crippen LogP contribution >= 0.6 is 12.2 Å². The first kappa shape index (κ1) is 13.9. The summed E-state index contributed by atoms with van der Waals surface area (Å²) in [5, 5.41) is 3.34. The van der Waals surface area contributed by atoms with Gasteiger partial charge in [-0.2, -0.15) is 0 Å². The number of aromatic nitrogens is 1. The molecule has 0 spiro atoms. The minimum atomic E-state index is 0.398. The van der Waals surface area contributed by atoms with Gasteiger partial charge in [0.05, 0.1) is 5.56 Å². The predicted molar refractivity (Wildman–Crippen MR) is 77.4 cm³/mol. The van der Waals surface area contributed by atoms with E-state index in [2.05, 4.69) is 31.1 Å². The van der Waals surface area contributed by atoms with Gasteiger partial charge in [0.15, 0.2) is 0 Å². The van der Waals surface area contributed by atoms with E-state index in [1.165, 1.54) is 0 Å². The number of nitrogens with zero attached hydrogens (tertiary/aromatic N) is 1. The highest BCUT2D eigenvalue weighted by atomic mass is 32.1. The Morgan fingerprint density at radius 2 is 2.12 bits per heavy atom. The number of hydrogen-bond acceptors (Lipinski definition) is 3. The summed E-state index contributed by atoms with van der Waals surface area (Å²) in [5.74, 6) is 2.02. The van der Waals surface area contributed by atoms with Gasteiger partial charge < -0.3 is 11.1 Å². The molecule has 1 atom stereocenters. The molecule has 0 saturated heterocycles. The molecule has 0 aliphatic carbocycles. The van der Waals surface area contributed by atoms with Gasteiger partial charge in [-0.1, -0.05) is 33.0 Å². The van der Waals surface area contributed by atoms with Crippen LogP contribution in [0.3, 0.4) is 0 Å². The van der Waals surface area contributed by atoms with E-state index in [1.807, 2.05) is 13.0 Å². The maximum atomic E-state index is 5.73. The molecule has 1 aromatic heterocycles. The Morgan fingerprint density at radius 3 is 2.65 bits per heavy atom. The van der Waals surface area contributed by atoms with E-state index >= 15 is 0 Å². The van der Waals surface area contributed by atoms with Crippen molar-refractivity contribution in [2.24, 2.45) is 17.6 Å². The van der Waals surface area contributed by atoms with Crippen molar-refractivity contribution in [3.8, 4) is 0 Å². The van der Waals surface area contributed by atoms with Gasteiger partial charge >= 0.3 is 0 Å². The molecule has 0 radical (unpaired) electrons. The minimum absolute atomic E-state index is 0.398. The molecule has 3 N–H and O–H groups in total. The summed E-state index contributed by atoms with van der Waals surface area (Å²) < 4.78 is 0. The van der Waals surface area contributed by atoms with E-state index in [1.54, 1.807) is 6.20 Å². The van der Waals surface area contributed by atoms with Crippen molar-refractivity contribution in [2.75, 3.05) is 11.9 Å². The average Bonchev–Trinajstić information content (AvgIpc) is 2.24. The second-order valence-electron chi connectivity index (χ2n) is 4.82. The molecule has 0 amide bonds. The molecule has 0 aliphatic rings. The fourth-order valence-electron chi connectivity index (χ4n) is 1.50. The van der Waals surface area contributed by atoms with Crippen LogP contribution in [0.5, 0.6) is 0 Å². The van der Waals surface area contributed by atoms with E-state index in [-0.39, 0.29) is 0 Å². The predicted octanol–water partition coefficient (Wildman–Crippen LogP) is 2.73. The van der Waals surface area contributed by atoms with Gasteiger partial charge in [-0.05, 0) is 30.4 Å². The molecule has 0 saturated carbocycles. The molecular formula is C13H21N3S. The number of pyridine rings is 1. The molecule has 0 bridgehead atoms. The number of nitrogens with one attached hydrogen (secondary N) is 1. The fraction of sp³-hybridized carbons (Fsp3) is 0.538. The molecule has 1 aromatic rings. The van der Waals surface area contributed by atoms with Crippen LogP contribution in [-0.4, -0.2) is 16.5 Å². The number of thiocarbonyl (C=S) groups is 1. The van der Waals surface area contributed by atoms with Crippen molar-refractivity contribution >= 4 is 23.0 Å². The molecular weight excluding hydrogens is 230 g/mol. The van der Waals surface area contributed by atoms with E-state index in [0.29, 0.717) is 16.8 Å². The highest BCUT2D eigenvalue weighted by Crippen LogP contribution is 2.18. The van der Waals surface area contributed by atoms with Crippen LogP contribution < -0.4 is 11.1 Å². The molecule has 3 nitrogen and oxygen atoms in total. The highest BCUT2D eigenvalue weighted by Gasteiger charge is 2.12. The summed E-state index contributed by atoms with van der Waals surface area (Å²) >= 11 is 5.07. The first-order chi connectivity index (χ1) is 7.93. The SMILES string of the molecule is Cc1ccnc(NCC(C)C(C)C)c1C(N)=S. The van der Waals surface area contributed by atoms with Crippen LogP contribution in [0.25, 0.3) is 0 Å². The van der Waals surface area contributed by atoms with E-state index < -0.39 is 0 Å². The number of anilines is 1. The van der Waals surface area contributed by atoms with Crippen LogP contribution in [0.4, 0.5) is 5.82 Å².